The van der Waals surface area contributed by atoms with E-state index in [1.54, 1.807) is 12.1 Å². The van der Waals surface area contributed by atoms with Gasteiger partial charge in [0.25, 0.3) is 5.56 Å². The zero-order valence-electron chi connectivity index (χ0n) is 8.30. The normalized spacial score (nSPS) is 10.3. The molecule has 2 N–H and O–H groups in total. The second-order valence-electron chi connectivity index (χ2n) is 3.14. The molecule has 0 aliphatic rings. The maximum Gasteiger partial charge on any atom is 0.298 e. The van der Waals surface area contributed by atoms with Crippen molar-refractivity contribution in [2.24, 2.45) is 0 Å². The van der Waals surface area contributed by atoms with Gasteiger partial charge in [0.15, 0.2) is 11.5 Å². The van der Waals surface area contributed by atoms with Gasteiger partial charge in [-0.25, -0.2) is 4.68 Å². The molecule has 0 saturated carbocycles. The molecule has 16 heavy (non-hydrogen) atoms. The van der Waals surface area contributed by atoms with E-state index in [0.717, 1.165) is 4.68 Å². The van der Waals surface area contributed by atoms with Gasteiger partial charge < -0.3 is 5.84 Å². The van der Waals surface area contributed by atoms with Gasteiger partial charge in [0.1, 0.15) is 0 Å². The van der Waals surface area contributed by atoms with E-state index < -0.39 is 5.56 Å². The van der Waals surface area contributed by atoms with Gasteiger partial charge in [0.2, 0.25) is 0 Å². The van der Waals surface area contributed by atoms with Gasteiger partial charge >= 0.3 is 0 Å². The molecule has 0 saturated heterocycles. The molecule has 1 aromatic carbocycles. The number of aromatic nitrogens is 3. The lowest BCUT2D eigenvalue weighted by atomic mass is 10.2. The fourth-order valence-corrected chi connectivity index (χ4v) is 1.48. The summed E-state index contributed by atoms with van der Waals surface area (Å²) in [7, 11) is 0. The Balaban J connectivity index is 2.61. The number of nitrogens with two attached hydrogens (primary N) is 1. The Morgan fingerprint density at radius 3 is 2.56 bits per heavy atom. The summed E-state index contributed by atoms with van der Waals surface area (Å²) in [4.78, 5) is 11.8. The lowest BCUT2D eigenvalue weighted by Crippen LogP contribution is -2.33. The molecular formula is C10H9ClN4O. The second kappa shape index (κ2) is 4.32. The Bertz CT molecular complexity index is 552. The third-order valence-electron chi connectivity index (χ3n) is 2.13. The molecule has 0 amide bonds. The standard InChI is InChI=1S/C10H9ClN4O/c11-6-8-13-14-9(10(16)15(8)12)7-4-2-1-3-5-7/h1-5H,6,12H2. The Morgan fingerprint density at radius 1 is 1.25 bits per heavy atom. The average molecular weight is 237 g/mol. The molecular weight excluding hydrogens is 228 g/mol. The number of rotatable bonds is 2. The van der Waals surface area contributed by atoms with E-state index in [2.05, 4.69) is 10.2 Å². The first-order valence-electron chi connectivity index (χ1n) is 4.59. The van der Waals surface area contributed by atoms with Crippen LogP contribution in [-0.4, -0.2) is 14.9 Å². The third kappa shape index (κ3) is 1.77. The van der Waals surface area contributed by atoms with Crippen LogP contribution in [0, 0.1) is 0 Å². The van der Waals surface area contributed by atoms with Crippen molar-refractivity contribution >= 4 is 11.6 Å². The van der Waals surface area contributed by atoms with Crippen LogP contribution in [0.5, 0.6) is 0 Å². The van der Waals surface area contributed by atoms with E-state index in [-0.39, 0.29) is 17.4 Å². The number of hydrogen-bond acceptors (Lipinski definition) is 4. The average Bonchev–Trinajstić information content (AvgIpc) is 2.34. The van der Waals surface area contributed by atoms with Gasteiger partial charge in [0.05, 0.1) is 5.88 Å². The van der Waals surface area contributed by atoms with Crippen molar-refractivity contribution in [2.75, 3.05) is 5.84 Å². The number of hydrogen-bond donors (Lipinski definition) is 1. The summed E-state index contributed by atoms with van der Waals surface area (Å²) in [5.74, 6) is 5.84. The summed E-state index contributed by atoms with van der Waals surface area (Å²) >= 11 is 5.56. The number of benzene rings is 1. The van der Waals surface area contributed by atoms with Gasteiger partial charge in [-0.05, 0) is 0 Å². The van der Waals surface area contributed by atoms with Gasteiger partial charge in [-0.1, -0.05) is 30.3 Å². The maximum absolute atomic E-state index is 11.8. The fraction of sp³-hybridized carbons (Fsp3) is 0.100. The Morgan fingerprint density at radius 2 is 1.94 bits per heavy atom. The molecule has 0 fully saturated rings. The summed E-state index contributed by atoms with van der Waals surface area (Å²) < 4.78 is 0.919. The lowest BCUT2D eigenvalue weighted by molar-refractivity contribution is 0.764. The van der Waals surface area contributed by atoms with Crippen molar-refractivity contribution in [1.29, 1.82) is 0 Å². The number of halogens is 1. The van der Waals surface area contributed by atoms with Crippen LogP contribution in [0.4, 0.5) is 0 Å². The molecule has 0 radical (unpaired) electrons. The SMILES string of the molecule is Nn1c(CCl)nnc(-c2ccccc2)c1=O. The molecule has 2 rings (SSSR count). The summed E-state index contributed by atoms with van der Waals surface area (Å²) in [6.45, 7) is 0. The molecule has 0 unspecified atom stereocenters. The maximum atomic E-state index is 11.8. The highest BCUT2D eigenvalue weighted by Crippen LogP contribution is 2.10. The molecule has 0 aliphatic carbocycles. The van der Waals surface area contributed by atoms with Crippen molar-refractivity contribution < 1.29 is 0 Å². The third-order valence-corrected chi connectivity index (χ3v) is 2.37. The molecule has 2 aromatic rings. The summed E-state index contributed by atoms with van der Waals surface area (Å²) in [6, 6.07) is 9.02. The first-order chi connectivity index (χ1) is 7.74. The number of alkyl halides is 1. The highest BCUT2D eigenvalue weighted by Gasteiger charge is 2.10. The van der Waals surface area contributed by atoms with Crippen LogP contribution in [0.25, 0.3) is 11.3 Å². The Labute approximate surface area is 96.5 Å². The molecule has 0 spiro atoms. The van der Waals surface area contributed by atoms with Crippen LogP contribution in [0.3, 0.4) is 0 Å². The molecule has 0 bridgehead atoms. The number of nitrogen functional groups attached to an aromatic ring is 1. The molecule has 6 heteroatoms. The molecule has 1 aromatic heterocycles. The van der Waals surface area contributed by atoms with Crippen LogP contribution >= 0.6 is 11.6 Å². The van der Waals surface area contributed by atoms with Crippen molar-refractivity contribution in [3.05, 3.63) is 46.5 Å². The van der Waals surface area contributed by atoms with E-state index >= 15 is 0 Å². The van der Waals surface area contributed by atoms with Crippen molar-refractivity contribution in [2.45, 2.75) is 5.88 Å². The highest BCUT2D eigenvalue weighted by molar-refractivity contribution is 6.16. The summed E-state index contributed by atoms with van der Waals surface area (Å²) in [5.41, 5.74) is 0.495. The number of nitrogens with zero attached hydrogens (tertiary/aromatic N) is 3. The predicted molar refractivity (Wildman–Crippen MR) is 61.4 cm³/mol. The molecule has 0 aliphatic heterocycles. The van der Waals surface area contributed by atoms with Gasteiger partial charge in [0, 0.05) is 5.56 Å². The molecule has 5 nitrogen and oxygen atoms in total. The van der Waals surface area contributed by atoms with Crippen LogP contribution in [-0.2, 0) is 5.88 Å². The minimum atomic E-state index is -0.406. The van der Waals surface area contributed by atoms with E-state index in [1.165, 1.54) is 0 Å². The summed E-state index contributed by atoms with van der Waals surface area (Å²) in [5, 5.41) is 7.62. The summed E-state index contributed by atoms with van der Waals surface area (Å²) in [6.07, 6.45) is 0. The largest absolute Gasteiger partial charge is 0.335 e. The van der Waals surface area contributed by atoms with Gasteiger partial charge in [-0.15, -0.1) is 21.8 Å². The zero-order valence-corrected chi connectivity index (χ0v) is 9.05. The quantitative estimate of drug-likeness (QED) is 0.617. The van der Waals surface area contributed by atoms with Crippen molar-refractivity contribution in [3.8, 4) is 11.3 Å². The molecule has 1 heterocycles. The van der Waals surface area contributed by atoms with Crippen LogP contribution in [0.1, 0.15) is 5.82 Å². The lowest BCUT2D eigenvalue weighted by Gasteiger charge is -2.05. The monoisotopic (exact) mass is 236 g/mol. The molecule has 82 valence electrons. The minimum Gasteiger partial charge on any atom is -0.335 e. The highest BCUT2D eigenvalue weighted by atomic mass is 35.5. The van der Waals surface area contributed by atoms with Crippen LogP contribution in [0.15, 0.2) is 35.1 Å². The minimum absolute atomic E-state index is 0.0494. The fourth-order valence-electron chi connectivity index (χ4n) is 1.30. The van der Waals surface area contributed by atoms with Crippen LogP contribution < -0.4 is 11.4 Å². The van der Waals surface area contributed by atoms with E-state index in [4.69, 9.17) is 17.4 Å². The second-order valence-corrected chi connectivity index (χ2v) is 3.41. The zero-order chi connectivity index (χ0) is 11.5. The van der Waals surface area contributed by atoms with Crippen LogP contribution in [0.2, 0.25) is 0 Å². The Hall–Kier alpha value is -1.88. The topological polar surface area (TPSA) is 73.8 Å². The van der Waals surface area contributed by atoms with Gasteiger partial charge in [-0.3, -0.25) is 4.79 Å². The van der Waals surface area contributed by atoms with Gasteiger partial charge in [-0.2, -0.15) is 0 Å². The Kier molecular flexibility index (Phi) is 2.87. The van der Waals surface area contributed by atoms with Crippen molar-refractivity contribution in [3.63, 3.8) is 0 Å². The smallest absolute Gasteiger partial charge is 0.298 e. The van der Waals surface area contributed by atoms with E-state index in [1.807, 2.05) is 18.2 Å². The van der Waals surface area contributed by atoms with Crippen molar-refractivity contribution in [1.82, 2.24) is 14.9 Å². The predicted octanol–water partition coefficient (Wildman–Crippen LogP) is 0.758. The first-order valence-corrected chi connectivity index (χ1v) is 5.12. The first kappa shape index (κ1) is 10.6. The molecule has 0 atom stereocenters. The van der Waals surface area contributed by atoms with E-state index in [9.17, 15) is 4.79 Å². The van der Waals surface area contributed by atoms with E-state index in [0.29, 0.717) is 5.56 Å².